The van der Waals surface area contributed by atoms with Crippen molar-refractivity contribution < 1.29 is 36.2 Å². The van der Waals surface area contributed by atoms with Crippen LogP contribution in [0, 0.1) is 0 Å². The normalized spacial score (nSPS) is 18.6. The average molecular weight is 484 g/mol. The van der Waals surface area contributed by atoms with Crippen molar-refractivity contribution in [2.75, 3.05) is 13.2 Å². The summed E-state index contributed by atoms with van der Waals surface area (Å²) in [4.78, 5) is 14.7. The monoisotopic (exact) mass is 483 g/mol. The van der Waals surface area contributed by atoms with Crippen molar-refractivity contribution in [1.82, 2.24) is 4.90 Å². The fourth-order valence-electron chi connectivity index (χ4n) is 4.16. The van der Waals surface area contributed by atoms with E-state index in [4.69, 9.17) is 9.47 Å². The highest BCUT2D eigenvalue weighted by Crippen LogP contribution is 2.34. The molecule has 0 radical (unpaired) electrons. The van der Waals surface area contributed by atoms with Gasteiger partial charge in [-0.05, 0) is 60.6 Å². The van der Waals surface area contributed by atoms with Gasteiger partial charge >= 0.3 is 6.18 Å². The molecule has 0 aliphatic carbocycles. The van der Waals surface area contributed by atoms with Crippen LogP contribution in [0.4, 0.5) is 13.2 Å². The van der Waals surface area contributed by atoms with E-state index >= 15 is 0 Å². The maximum Gasteiger partial charge on any atom is 0.425 e. The van der Waals surface area contributed by atoms with Gasteiger partial charge in [-0.1, -0.05) is 18.2 Å². The van der Waals surface area contributed by atoms with Crippen LogP contribution in [-0.4, -0.2) is 45.1 Å². The molecule has 2 aliphatic rings. The Hall–Kier alpha value is -2.43. The van der Waals surface area contributed by atoms with E-state index in [-0.39, 0.29) is 16.2 Å². The third-order valence-corrected chi connectivity index (χ3v) is 6.74. The van der Waals surface area contributed by atoms with Gasteiger partial charge in [0.25, 0.3) is 5.91 Å². The van der Waals surface area contributed by atoms with E-state index in [1.54, 1.807) is 0 Å². The van der Waals surface area contributed by atoms with Crippen LogP contribution in [0.3, 0.4) is 0 Å². The lowest BCUT2D eigenvalue weighted by Crippen LogP contribution is -2.32. The number of nitrogens with zero attached hydrogens (tertiary/aromatic N) is 1. The van der Waals surface area contributed by atoms with E-state index in [9.17, 15) is 26.7 Å². The minimum Gasteiger partial charge on any atom is -0.480 e. The Kier molecular flexibility index (Phi) is 6.78. The van der Waals surface area contributed by atoms with Crippen molar-refractivity contribution in [3.63, 3.8) is 0 Å². The van der Waals surface area contributed by atoms with E-state index in [1.165, 1.54) is 16.5 Å². The van der Waals surface area contributed by atoms with E-state index in [0.717, 1.165) is 43.0 Å². The molecule has 10 heteroatoms. The Balaban J connectivity index is 1.58. The first-order chi connectivity index (χ1) is 15.6. The third-order valence-electron chi connectivity index (χ3n) is 6.08. The Labute approximate surface area is 192 Å². The second kappa shape index (κ2) is 9.44. The first-order valence-electron chi connectivity index (χ1n) is 10.6. The van der Waals surface area contributed by atoms with Crippen LogP contribution in [0.5, 0.6) is 5.75 Å². The summed E-state index contributed by atoms with van der Waals surface area (Å²) in [5, 5.41) is 0. The second-order valence-electron chi connectivity index (χ2n) is 8.28. The molecule has 33 heavy (non-hydrogen) atoms. The van der Waals surface area contributed by atoms with Gasteiger partial charge in [0, 0.05) is 26.3 Å². The molecular formula is C23H24F3NO5S. The van der Waals surface area contributed by atoms with Gasteiger partial charge in [-0.3, -0.25) is 4.79 Å². The number of ether oxygens (including phenoxy) is 2. The molecule has 6 nitrogen and oxygen atoms in total. The number of amides is 1. The molecule has 1 amide bonds. The number of benzene rings is 2. The number of alkyl halides is 3. The third kappa shape index (κ3) is 5.23. The predicted octanol–water partition coefficient (Wildman–Crippen LogP) is 4.65. The summed E-state index contributed by atoms with van der Waals surface area (Å²) in [6.07, 6.45) is -4.90. The van der Waals surface area contributed by atoms with Gasteiger partial charge in [0.05, 0.1) is 10.5 Å². The number of carbonyl (C=O) groups is 1. The van der Waals surface area contributed by atoms with Crippen molar-refractivity contribution in [1.29, 1.82) is 0 Å². The highest BCUT2D eigenvalue weighted by Gasteiger charge is 2.39. The van der Waals surface area contributed by atoms with E-state index < -0.39 is 29.3 Å². The number of carbonyl (C=O) groups excluding carboxylic acids is 1. The number of hydrogen-bond acceptors (Lipinski definition) is 4. The molecule has 1 saturated heterocycles. The highest BCUT2D eigenvalue weighted by molar-refractivity contribution is 7.79. The molecule has 1 fully saturated rings. The number of hydrogen-bond donors (Lipinski definition) is 1. The van der Waals surface area contributed by atoms with E-state index in [1.807, 2.05) is 6.07 Å². The summed E-state index contributed by atoms with van der Waals surface area (Å²) in [5.41, 5.74) is 2.96. The maximum atomic E-state index is 13.3. The molecule has 1 N–H and O–H groups in total. The van der Waals surface area contributed by atoms with Gasteiger partial charge in [0.2, 0.25) is 0 Å². The lowest BCUT2D eigenvalue weighted by Gasteiger charge is -2.23. The maximum absolute atomic E-state index is 13.3. The molecule has 2 aromatic rings. The largest absolute Gasteiger partial charge is 0.480 e. The standard InChI is InChI=1S/C23H24F3NO5S/c1-14(23(24,25)26)32-21-5-4-19(33(29)30)11-20(21)22(28)27-12-17-3-2-16(10-18(17)13-27)15-6-8-31-9-7-15/h2-5,10-11,14-15H,6-9,12-13H2,1H3,(H,29,30). The minimum atomic E-state index is -4.62. The summed E-state index contributed by atoms with van der Waals surface area (Å²) in [6.45, 7) is 2.87. The van der Waals surface area contributed by atoms with Crippen molar-refractivity contribution in [3.05, 3.63) is 58.7 Å². The lowest BCUT2D eigenvalue weighted by molar-refractivity contribution is -0.189. The van der Waals surface area contributed by atoms with Crippen LogP contribution in [0.1, 0.15) is 52.7 Å². The molecule has 2 atom stereocenters. The molecule has 0 aromatic heterocycles. The van der Waals surface area contributed by atoms with Crippen molar-refractivity contribution >= 4 is 17.0 Å². The molecule has 2 aliphatic heterocycles. The van der Waals surface area contributed by atoms with Crippen molar-refractivity contribution in [3.8, 4) is 5.75 Å². The van der Waals surface area contributed by atoms with Crippen LogP contribution >= 0.6 is 0 Å². The van der Waals surface area contributed by atoms with E-state index in [0.29, 0.717) is 32.2 Å². The number of halogens is 3. The lowest BCUT2D eigenvalue weighted by atomic mass is 9.90. The van der Waals surface area contributed by atoms with Gasteiger partial charge in [-0.25, -0.2) is 4.21 Å². The summed E-state index contributed by atoms with van der Waals surface area (Å²) in [7, 11) is 0. The quantitative estimate of drug-likeness (QED) is 0.627. The zero-order chi connectivity index (χ0) is 23.8. The van der Waals surface area contributed by atoms with Crippen LogP contribution in [0.15, 0.2) is 41.3 Å². The molecule has 2 unspecified atom stereocenters. The Morgan fingerprint density at radius 2 is 1.85 bits per heavy atom. The van der Waals surface area contributed by atoms with Crippen molar-refractivity contribution in [2.45, 2.75) is 55.9 Å². The first-order valence-corrected chi connectivity index (χ1v) is 11.7. The topological polar surface area (TPSA) is 76.1 Å². The summed E-state index contributed by atoms with van der Waals surface area (Å²) in [5.74, 6) is -0.442. The zero-order valence-corrected chi connectivity index (χ0v) is 18.7. The Bertz CT molecular complexity index is 1070. The molecular weight excluding hydrogens is 459 g/mol. The highest BCUT2D eigenvalue weighted by atomic mass is 32.2. The smallest absolute Gasteiger partial charge is 0.425 e. The van der Waals surface area contributed by atoms with Crippen LogP contribution in [0.2, 0.25) is 0 Å². The Morgan fingerprint density at radius 3 is 2.52 bits per heavy atom. The summed E-state index contributed by atoms with van der Waals surface area (Å²) < 4.78 is 70.5. The Morgan fingerprint density at radius 1 is 1.15 bits per heavy atom. The van der Waals surface area contributed by atoms with Crippen molar-refractivity contribution in [2.24, 2.45) is 0 Å². The SMILES string of the molecule is CC(Oc1ccc(S(=O)O)cc1C(=O)N1Cc2ccc(C3CCOCC3)cc2C1)C(F)(F)F. The zero-order valence-electron chi connectivity index (χ0n) is 17.9. The summed E-state index contributed by atoms with van der Waals surface area (Å²) in [6, 6.07) is 9.54. The van der Waals surface area contributed by atoms with Crippen LogP contribution in [0.25, 0.3) is 0 Å². The van der Waals surface area contributed by atoms with Gasteiger partial charge in [0.1, 0.15) is 5.75 Å². The van der Waals surface area contributed by atoms with Gasteiger partial charge in [0.15, 0.2) is 17.2 Å². The molecule has 2 heterocycles. The molecule has 0 spiro atoms. The molecule has 178 valence electrons. The van der Waals surface area contributed by atoms with Crippen LogP contribution in [-0.2, 0) is 28.9 Å². The fraction of sp³-hybridized carbons (Fsp3) is 0.435. The summed E-state index contributed by atoms with van der Waals surface area (Å²) >= 11 is -2.40. The molecule has 0 bridgehead atoms. The first kappa shape index (κ1) is 23.7. The van der Waals surface area contributed by atoms with Gasteiger partial charge in [-0.15, -0.1) is 0 Å². The van der Waals surface area contributed by atoms with Gasteiger partial charge in [-0.2, -0.15) is 13.2 Å². The minimum absolute atomic E-state index is 0.0936. The van der Waals surface area contributed by atoms with Crippen LogP contribution < -0.4 is 4.74 Å². The van der Waals surface area contributed by atoms with E-state index in [2.05, 4.69) is 12.1 Å². The predicted molar refractivity (Wildman–Crippen MR) is 114 cm³/mol. The molecule has 2 aromatic carbocycles. The van der Waals surface area contributed by atoms with Gasteiger partial charge < -0.3 is 18.9 Å². The second-order valence-corrected chi connectivity index (χ2v) is 9.25. The number of rotatable bonds is 5. The fourth-order valence-corrected chi connectivity index (χ4v) is 4.56. The molecule has 0 saturated carbocycles. The average Bonchev–Trinajstić information content (AvgIpc) is 3.22. The number of fused-ring (bicyclic) bond motifs is 1. The molecule has 4 rings (SSSR count).